The van der Waals surface area contributed by atoms with Crippen LogP contribution in [0.5, 0.6) is 0 Å². The number of ether oxygens (including phenoxy) is 2. The minimum Gasteiger partial charge on any atom is -0.461 e. The van der Waals surface area contributed by atoms with E-state index in [0.29, 0.717) is 12.1 Å². The van der Waals surface area contributed by atoms with E-state index in [2.05, 4.69) is 17.2 Å². The van der Waals surface area contributed by atoms with Crippen LogP contribution in [0.3, 0.4) is 0 Å². The SMILES string of the molecule is C[C@@H](C(=O)Nc1ccc2cnccc2c1)c1ccc(COC(=O)CCCC(=O)OCC(=O)[C@@]2(O)CC[C@H]3[C@@H]4CCC5=CC(=O)C=C[C@]5(C)[C@H]4[C@@H](O)C[C@@]32C)cc1. The van der Waals surface area contributed by atoms with Gasteiger partial charge in [-0.05, 0) is 104 Å². The maximum atomic E-state index is 13.6. The number of aliphatic hydroxyl groups is 2. The number of hydrogen-bond acceptors (Lipinski definition) is 10. The Kier molecular flexibility index (Phi) is 10.9. The number of aromatic nitrogens is 1. The van der Waals surface area contributed by atoms with Crippen molar-refractivity contribution in [3.8, 4) is 0 Å². The number of amides is 1. The third kappa shape index (κ3) is 7.34. The highest BCUT2D eigenvalue weighted by Crippen LogP contribution is 2.67. The summed E-state index contributed by atoms with van der Waals surface area (Å²) in [6.45, 7) is 5.23. The van der Waals surface area contributed by atoms with Crippen LogP contribution < -0.4 is 5.32 Å². The smallest absolute Gasteiger partial charge is 0.306 e. The zero-order chi connectivity index (χ0) is 39.8. The van der Waals surface area contributed by atoms with E-state index >= 15 is 0 Å². The number of pyridine rings is 1. The second-order valence-corrected chi connectivity index (χ2v) is 16.6. The monoisotopic (exact) mass is 762 g/mol. The van der Waals surface area contributed by atoms with Crippen molar-refractivity contribution in [2.24, 2.45) is 28.6 Å². The quantitative estimate of drug-likeness (QED) is 0.178. The number of anilines is 1. The summed E-state index contributed by atoms with van der Waals surface area (Å²) in [6.07, 6.45) is 10.5. The minimum atomic E-state index is -1.75. The van der Waals surface area contributed by atoms with Crippen LogP contribution in [0, 0.1) is 28.6 Å². The highest BCUT2D eigenvalue weighted by molar-refractivity contribution is 6.01. The van der Waals surface area contributed by atoms with Gasteiger partial charge in [-0.3, -0.25) is 29.0 Å². The Morgan fingerprint density at radius 1 is 0.982 bits per heavy atom. The molecule has 56 heavy (non-hydrogen) atoms. The van der Waals surface area contributed by atoms with Crippen LogP contribution in [0.15, 0.2) is 84.7 Å². The Labute approximate surface area is 326 Å². The molecule has 1 heterocycles. The van der Waals surface area contributed by atoms with Gasteiger partial charge in [-0.2, -0.15) is 0 Å². The Hall–Kier alpha value is -5.00. The van der Waals surface area contributed by atoms with Gasteiger partial charge >= 0.3 is 11.9 Å². The first kappa shape index (κ1) is 39.2. The van der Waals surface area contributed by atoms with Crippen LogP contribution in [-0.2, 0) is 40.1 Å². The molecule has 0 bridgehead atoms. The van der Waals surface area contributed by atoms with Crippen molar-refractivity contribution in [2.75, 3.05) is 11.9 Å². The summed E-state index contributed by atoms with van der Waals surface area (Å²) in [5.74, 6) is -2.38. The summed E-state index contributed by atoms with van der Waals surface area (Å²) in [5, 5.41) is 28.4. The largest absolute Gasteiger partial charge is 0.461 e. The van der Waals surface area contributed by atoms with Gasteiger partial charge in [0.15, 0.2) is 12.4 Å². The minimum absolute atomic E-state index is 0.0102. The Balaban J connectivity index is 0.834. The number of esters is 2. The molecule has 4 aliphatic rings. The fourth-order valence-electron chi connectivity index (χ4n) is 10.2. The average molecular weight is 763 g/mol. The van der Waals surface area contributed by atoms with Gasteiger partial charge in [-0.25, -0.2) is 0 Å². The van der Waals surface area contributed by atoms with E-state index in [0.717, 1.165) is 40.3 Å². The van der Waals surface area contributed by atoms with Gasteiger partial charge in [0.05, 0.1) is 12.0 Å². The van der Waals surface area contributed by atoms with Crippen molar-refractivity contribution in [2.45, 2.75) is 96.4 Å². The molecule has 4 aliphatic carbocycles. The molecule has 3 N–H and O–H groups in total. The Bertz CT molecular complexity index is 2110. The van der Waals surface area contributed by atoms with Crippen molar-refractivity contribution in [1.29, 1.82) is 0 Å². The summed E-state index contributed by atoms with van der Waals surface area (Å²) in [7, 11) is 0. The maximum absolute atomic E-state index is 13.6. The molecular weight excluding hydrogens is 712 g/mol. The van der Waals surface area contributed by atoms with E-state index in [1.165, 1.54) is 0 Å². The fourth-order valence-corrected chi connectivity index (χ4v) is 10.2. The van der Waals surface area contributed by atoms with Gasteiger partial charge < -0.3 is 25.0 Å². The zero-order valence-electron chi connectivity index (χ0n) is 32.2. The van der Waals surface area contributed by atoms with Crippen LogP contribution >= 0.6 is 0 Å². The molecule has 2 aromatic carbocycles. The van der Waals surface area contributed by atoms with E-state index in [1.54, 1.807) is 36.7 Å². The molecule has 11 nitrogen and oxygen atoms in total. The van der Waals surface area contributed by atoms with Crippen LogP contribution in [0.4, 0.5) is 5.69 Å². The number of Topliss-reactive ketones (excluding diaryl/α,β-unsaturated/α-hetero) is 1. The average Bonchev–Trinajstić information content (AvgIpc) is 3.46. The Morgan fingerprint density at radius 2 is 1.73 bits per heavy atom. The van der Waals surface area contributed by atoms with Crippen molar-refractivity contribution in [3.63, 3.8) is 0 Å². The van der Waals surface area contributed by atoms with E-state index in [-0.39, 0.29) is 68.2 Å². The topological polar surface area (TPSA) is 169 Å². The lowest BCUT2D eigenvalue weighted by Crippen LogP contribution is -2.61. The Morgan fingerprint density at radius 3 is 2.50 bits per heavy atom. The number of hydrogen-bond donors (Lipinski definition) is 3. The number of nitrogens with one attached hydrogen (secondary N) is 1. The fraction of sp³-hybridized carbons (Fsp3) is 0.467. The number of fused-ring (bicyclic) bond motifs is 6. The number of carbonyl (C=O) groups is 5. The number of nitrogens with zero attached hydrogens (tertiary/aromatic N) is 1. The molecular formula is C45H50N2O9. The van der Waals surface area contributed by atoms with Crippen molar-refractivity contribution < 1.29 is 43.7 Å². The summed E-state index contributed by atoms with van der Waals surface area (Å²) < 4.78 is 10.7. The first-order chi connectivity index (χ1) is 26.7. The highest BCUT2D eigenvalue weighted by Gasteiger charge is 2.68. The number of ketones is 2. The van der Waals surface area contributed by atoms with E-state index in [1.807, 2.05) is 56.3 Å². The van der Waals surface area contributed by atoms with E-state index in [9.17, 15) is 34.2 Å². The lowest BCUT2D eigenvalue weighted by molar-refractivity contribution is -0.181. The van der Waals surface area contributed by atoms with E-state index in [4.69, 9.17) is 9.47 Å². The normalized spacial score (nSPS) is 29.7. The van der Waals surface area contributed by atoms with Gasteiger partial charge in [0.25, 0.3) is 0 Å². The first-order valence-corrected chi connectivity index (χ1v) is 19.6. The molecule has 8 atom stereocenters. The lowest BCUT2D eigenvalue weighted by atomic mass is 9.46. The summed E-state index contributed by atoms with van der Waals surface area (Å²) in [6, 6.07) is 14.8. The third-order valence-corrected chi connectivity index (χ3v) is 13.4. The van der Waals surface area contributed by atoms with Crippen molar-refractivity contribution >= 4 is 45.9 Å². The number of carbonyl (C=O) groups excluding carboxylic acids is 5. The highest BCUT2D eigenvalue weighted by atomic mass is 16.5. The van der Waals surface area contributed by atoms with Crippen molar-refractivity contribution in [1.82, 2.24) is 4.98 Å². The number of benzene rings is 2. The summed E-state index contributed by atoms with van der Waals surface area (Å²) in [4.78, 5) is 67.8. The molecule has 7 rings (SSSR count). The van der Waals surface area contributed by atoms with Crippen molar-refractivity contribution in [3.05, 3.63) is 95.9 Å². The molecule has 0 radical (unpaired) electrons. The second-order valence-electron chi connectivity index (χ2n) is 16.6. The lowest BCUT2D eigenvalue weighted by Gasteiger charge is -2.59. The molecule has 0 saturated heterocycles. The van der Waals surface area contributed by atoms with Gasteiger partial charge in [-0.1, -0.05) is 55.8 Å². The van der Waals surface area contributed by atoms with Crippen LogP contribution in [-0.4, -0.2) is 62.9 Å². The van der Waals surface area contributed by atoms with Gasteiger partial charge in [0.1, 0.15) is 12.2 Å². The molecule has 3 aromatic rings. The second kappa shape index (κ2) is 15.5. The molecule has 1 amide bonds. The zero-order valence-corrected chi connectivity index (χ0v) is 32.2. The predicted octanol–water partition coefficient (Wildman–Crippen LogP) is 6.31. The molecule has 3 saturated carbocycles. The number of rotatable bonds is 12. The predicted molar refractivity (Wildman–Crippen MR) is 208 cm³/mol. The molecule has 0 unspecified atom stereocenters. The van der Waals surface area contributed by atoms with Crippen LogP contribution in [0.1, 0.15) is 89.2 Å². The molecule has 11 heteroatoms. The third-order valence-electron chi connectivity index (χ3n) is 13.4. The van der Waals surface area contributed by atoms with Gasteiger partial charge in [-0.15, -0.1) is 0 Å². The first-order valence-electron chi connectivity index (χ1n) is 19.6. The van der Waals surface area contributed by atoms with Crippen LogP contribution in [0.25, 0.3) is 10.8 Å². The molecule has 3 fully saturated rings. The standard InChI is InChI=1S/C45H50N2O9/c1-27(42(53)47-33-13-11-31-24-46-20-17-30(31)21-33)29-9-7-28(8-10-29)25-55-39(51)5-4-6-40(52)56-26-38(50)45(54)19-16-36-35-14-12-32-22-34(48)15-18-43(32,2)41(35)37(49)23-44(36,45)3/h7-11,13,15,17-18,20-22,24,27,35-37,41,49,54H,4-6,12,14,16,19,23,25-26H2,1-3H3,(H,47,53)/t27-,35+,36+,37+,41-,43+,44+,45+/m1/s1. The summed E-state index contributed by atoms with van der Waals surface area (Å²) >= 11 is 0. The number of aliphatic hydroxyl groups excluding tert-OH is 1. The summed E-state index contributed by atoms with van der Waals surface area (Å²) in [5.41, 5.74) is 0.204. The van der Waals surface area contributed by atoms with E-state index < -0.39 is 52.8 Å². The van der Waals surface area contributed by atoms with Crippen LogP contribution in [0.2, 0.25) is 0 Å². The van der Waals surface area contributed by atoms with Gasteiger partial charge in [0, 0.05) is 53.1 Å². The molecule has 1 aromatic heterocycles. The molecule has 0 aliphatic heterocycles. The van der Waals surface area contributed by atoms with Gasteiger partial charge in [0.2, 0.25) is 11.7 Å². The number of allylic oxidation sites excluding steroid dienone is 4. The molecule has 0 spiro atoms. The molecule has 294 valence electrons. The maximum Gasteiger partial charge on any atom is 0.306 e.